The van der Waals surface area contributed by atoms with Crippen LogP contribution in [0.3, 0.4) is 0 Å². The molecule has 7 aromatic rings. The first-order valence-corrected chi connectivity index (χ1v) is 13.8. The van der Waals surface area contributed by atoms with Crippen molar-refractivity contribution >= 4 is 43.5 Å². The highest BCUT2D eigenvalue weighted by Gasteiger charge is 2.22. The lowest BCUT2D eigenvalue weighted by Gasteiger charge is -2.09. The molecule has 170 valence electrons. The first-order valence-electron chi connectivity index (χ1n) is 12.1. The zero-order chi connectivity index (χ0) is 23.9. The maximum absolute atomic E-state index is 2.29. The van der Waals surface area contributed by atoms with E-state index in [1.54, 1.807) is 0 Å². The van der Waals surface area contributed by atoms with Crippen LogP contribution < -0.4 is 0 Å². The summed E-state index contributed by atoms with van der Waals surface area (Å²) in [5.74, 6) is 0. The van der Waals surface area contributed by atoms with E-state index in [1.165, 1.54) is 63.3 Å². The Hall–Kier alpha value is -3.98. The molecule has 0 aliphatic carbocycles. The minimum atomic E-state index is 1.25. The molecule has 0 aliphatic rings. The van der Waals surface area contributed by atoms with Gasteiger partial charge in [-0.15, -0.1) is 22.7 Å². The molecule has 0 saturated carbocycles. The van der Waals surface area contributed by atoms with Crippen LogP contribution in [0.1, 0.15) is 0 Å². The lowest BCUT2D eigenvalue weighted by Crippen LogP contribution is -1.82. The van der Waals surface area contributed by atoms with Crippen LogP contribution in [0.2, 0.25) is 0 Å². The van der Waals surface area contributed by atoms with E-state index in [1.807, 2.05) is 22.7 Å². The predicted molar refractivity (Wildman–Crippen MR) is 159 cm³/mol. The van der Waals surface area contributed by atoms with Gasteiger partial charge in [0.1, 0.15) is 0 Å². The monoisotopic (exact) mass is 494 g/mol. The number of rotatable bonds is 4. The Kier molecular flexibility index (Phi) is 5.27. The normalized spacial score (nSPS) is 11.3. The first-order chi connectivity index (χ1) is 17.9. The van der Waals surface area contributed by atoms with Crippen LogP contribution in [0.15, 0.2) is 133 Å². The standard InChI is InChI=1S/C34H22S2/c1-3-13-23(14-4-1)25-17-7-8-18-26(25)33-27-19-9-10-20-28(27)34(36-33)31-29-21-11-12-22-30(29)35-32(31)24-15-5-2-6-16-24/h1-22H. The number of thiophene rings is 2. The van der Waals surface area contributed by atoms with Gasteiger partial charge in [-0.25, -0.2) is 0 Å². The molecule has 0 aliphatic heterocycles. The van der Waals surface area contributed by atoms with Crippen molar-refractivity contribution in [3.05, 3.63) is 133 Å². The summed E-state index contributed by atoms with van der Waals surface area (Å²) in [6, 6.07) is 48.1. The van der Waals surface area contributed by atoms with Crippen LogP contribution >= 0.6 is 22.7 Å². The summed E-state index contributed by atoms with van der Waals surface area (Å²) in [5, 5.41) is 3.97. The maximum atomic E-state index is 2.29. The topological polar surface area (TPSA) is 0 Å². The van der Waals surface area contributed by atoms with Gasteiger partial charge in [0.2, 0.25) is 0 Å². The van der Waals surface area contributed by atoms with E-state index in [9.17, 15) is 0 Å². The van der Waals surface area contributed by atoms with Gasteiger partial charge >= 0.3 is 0 Å². The van der Waals surface area contributed by atoms with E-state index in [-0.39, 0.29) is 0 Å². The molecule has 7 rings (SSSR count). The second-order valence-electron chi connectivity index (χ2n) is 8.89. The summed E-state index contributed by atoms with van der Waals surface area (Å²) in [6.45, 7) is 0. The van der Waals surface area contributed by atoms with Crippen LogP contribution in [-0.2, 0) is 0 Å². The van der Waals surface area contributed by atoms with E-state index in [0.717, 1.165) is 0 Å². The molecule has 0 radical (unpaired) electrons. The molecule has 0 N–H and O–H groups in total. The molecule has 2 aromatic heterocycles. The van der Waals surface area contributed by atoms with Crippen molar-refractivity contribution in [2.24, 2.45) is 0 Å². The second-order valence-corrected chi connectivity index (χ2v) is 11.0. The maximum Gasteiger partial charge on any atom is 0.0448 e. The summed E-state index contributed by atoms with van der Waals surface area (Å²) in [5.41, 5.74) is 6.44. The molecule has 0 bridgehead atoms. The Morgan fingerprint density at radius 3 is 1.58 bits per heavy atom. The van der Waals surface area contributed by atoms with Gasteiger partial charge in [-0.05, 0) is 22.8 Å². The summed E-state index contributed by atoms with van der Waals surface area (Å²) in [4.78, 5) is 4.01. The number of benzene rings is 5. The van der Waals surface area contributed by atoms with Crippen molar-refractivity contribution < 1.29 is 0 Å². The van der Waals surface area contributed by atoms with Crippen LogP contribution in [-0.4, -0.2) is 0 Å². The van der Waals surface area contributed by atoms with Crippen molar-refractivity contribution in [2.45, 2.75) is 0 Å². The van der Waals surface area contributed by atoms with Crippen molar-refractivity contribution in [1.82, 2.24) is 0 Å². The van der Waals surface area contributed by atoms with Crippen LogP contribution in [0, 0.1) is 0 Å². The van der Waals surface area contributed by atoms with Crippen LogP contribution in [0.25, 0.3) is 63.3 Å². The van der Waals surface area contributed by atoms with Gasteiger partial charge in [0, 0.05) is 46.6 Å². The second kappa shape index (κ2) is 8.91. The molecule has 0 saturated heterocycles. The van der Waals surface area contributed by atoms with Gasteiger partial charge in [0.15, 0.2) is 0 Å². The van der Waals surface area contributed by atoms with Crippen molar-refractivity contribution in [3.8, 4) is 42.4 Å². The van der Waals surface area contributed by atoms with Gasteiger partial charge < -0.3 is 0 Å². The minimum Gasteiger partial charge on any atom is -0.135 e. The Labute approximate surface area is 218 Å². The van der Waals surface area contributed by atoms with E-state index in [4.69, 9.17) is 0 Å². The summed E-state index contributed by atoms with van der Waals surface area (Å²) in [7, 11) is 0. The third-order valence-electron chi connectivity index (χ3n) is 6.74. The van der Waals surface area contributed by atoms with Crippen molar-refractivity contribution in [1.29, 1.82) is 0 Å². The molecule has 0 fully saturated rings. The molecule has 0 unspecified atom stereocenters. The lowest BCUT2D eigenvalue weighted by molar-refractivity contribution is 1.62. The molecule has 0 amide bonds. The molecular weight excluding hydrogens is 473 g/mol. The summed E-state index contributed by atoms with van der Waals surface area (Å²) < 4.78 is 1.33. The van der Waals surface area contributed by atoms with E-state index >= 15 is 0 Å². The first kappa shape index (κ1) is 21.3. The van der Waals surface area contributed by atoms with E-state index < -0.39 is 0 Å². The molecular formula is C34H22S2. The molecule has 2 heteroatoms. The molecule has 36 heavy (non-hydrogen) atoms. The fraction of sp³-hybridized carbons (Fsp3) is 0. The third kappa shape index (κ3) is 3.50. The van der Waals surface area contributed by atoms with Gasteiger partial charge in [0.05, 0.1) is 0 Å². The van der Waals surface area contributed by atoms with Gasteiger partial charge in [0.25, 0.3) is 0 Å². The summed E-state index contributed by atoms with van der Waals surface area (Å²) >= 11 is 3.81. The Bertz CT molecular complexity index is 1820. The van der Waals surface area contributed by atoms with Crippen LogP contribution in [0.5, 0.6) is 0 Å². The average molecular weight is 495 g/mol. The molecule has 0 atom stereocenters. The van der Waals surface area contributed by atoms with E-state index in [2.05, 4.69) is 133 Å². The zero-order valence-electron chi connectivity index (χ0n) is 19.5. The average Bonchev–Trinajstić information content (AvgIpc) is 3.53. The molecule has 0 spiro atoms. The Morgan fingerprint density at radius 1 is 0.333 bits per heavy atom. The smallest absolute Gasteiger partial charge is 0.0448 e. The number of hydrogen-bond donors (Lipinski definition) is 0. The fourth-order valence-corrected chi connectivity index (χ4v) is 7.75. The largest absolute Gasteiger partial charge is 0.135 e. The van der Waals surface area contributed by atoms with E-state index in [0.29, 0.717) is 0 Å². The Balaban J connectivity index is 1.54. The van der Waals surface area contributed by atoms with Crippen LogP contribution in [0.4, 0.5) is 0 Å². The molecule has 5 aromatic carbocycles. The van der Waals surface area contributed by atoms with Crippen molar-refractivity contribution in [3.63, 3.8) is 0 Å². The number of hydrogen-bond acceptors (Lipinski definition) is 2. The summed E-state index contributed by atoms with van der Waals surface area (Å²) in [6.07, 6.45) is 0. The highest BCUT2D eigenvalue weighted by Crippen LogP contribution is 2.52. The highest BCUT2D eigenvalue weighted by molar-refractivity contribution is 7.25. The number of fused-ring (bicyclic) bond motifs is 2. The Morgan fingerprint density at radius 2 is 0.861 bits per heavy atom. The minimum absolute atomic E-state index is 1.25. The van der Waals surface area contributed by atoms with Crippen molar-refractivity contribution in [2.75, 3.05) is 0 Å². The molecule has 0 nitrogen and oxygen atoms in total. The zero-order valence-corrected chi connectivity index (χ0v) is 21.2. The van der Waals surface area contributed by atoms with Gasteiger partial charge in [-0.2, -0.15) is 0 Å². The lowest BCUT2D eigenvalue weighted by atomic mass is 9.96. The quantitative estimate of drug-likeness (QED) is 0.228. The van der Waals surface area contributed by atoms with Gasteiger partial charge in [-0.3, -0.25) is 0 Å². The SMILES string of the molecule is c1ccc(-c2ccccc2-c2sc(-c3c(-c4ccccc4)sc4ccccc34)c3ccccc23)cc1. The van der Waals surface area contributed by atoms with Gasteiger partial charge in [-0.1, -0.05) is 127 Å². The fourth-order valence-electron chi connectivity index (χ4n) is 5.09. The highest BCUT2D eigenvalue weighted by atomic mass is 32.1. The molecule has 2 heterocycles. The predicted octanol–water partition coefficient (Wildman–Crippen LogP) is 10.8. The third-order valence-corrected chi connectivity index (χ3v) is 9.23.